The molecule has 5 nitrogen and oxygen atoms in total. The molecule has 0 aliphatic carbocycles. The third kappa shape index (κ3) is 5.65. The van der Waals surface area contributed by atoms with Gasteiger partial charge >= 0.3 is 0 Å². The van der Waals surface area contributed by atoms with Crippen molar-refractivity contribution >= 4 is 11.8 Å². The molecule has 142 valence electrons. The fraction of sp³-hybridized carbons (Fsp3) is 0.381. The highest BCUT2D eigenvalue weighted by atomic mass is 32.2. The minimum absolute atomic E-state index is 0.555. The Morgan fingerprint density at radius 2 is 1.81 bits per heavy atom. The Kier molecular flexibility index (Phi) is 7.01. The number of hydrogen-bond donors (Lipinski definition) is 0. The van der Waals surface area contributed by atoms with Crippen LogP contribution in [0.4, 0.5) is 0 Å². The second kappa shape index (κ2) is 9.67. The molecule has 6 heteroatoms. The van der Waals surface area contributed by atoms with E-state index in [2.05, 4.69) is 69.0 Å². The molecule has 0 radical (unpaired) electrons. The van der Waals surface area contributed by atoms with E-state index >= 15 is 0 Å². The summed E-state index contributed by atoms with van der Waals surface area (Å²) < 4.78 is 2.10. The topological polar surface area (TPSA) is 46.8 Å². The molecule has 2 heterocycles. The van der Waals surface area contributed by atoms with Crippen LogP contribution in [-0.4, -0.2) is 38.2 Å². The predicted molar refractivity (Wildman–Crippen MR) is 111 cm³/mol. The van der Waals surface area contributed by atoms with Crippen LogP contribution in [0.15, 0.2) is 60.0 Å². The van der Waals surface area contributed by atoms with Crippen molar-refractivity contribution in [2.24, 2.45) is 7.05 Å². The van der Waals surface area contributed by atoms with Crippen LogP contribution in [0.25, 0.3) is 0 Å². The second-order valence-corrected chi connectivity index (χ2v) is 7.88. The lowest BCUT2D eigenvalue weighted by atomic mass is 9.98. The van der Waals surface area contributed by atoms with Crippen LogP contribution in [0, 0.1) is 0 Å². The Labute approximate surface area is 165 Å². The van der Waals surface area contributed by atoms with Gasteiger partial charge in [0.2, 0.25) is 0 Å². The van der Waals surface area contributed by atoms with E-state index in [1.807, 2.05) is 31.6 Å². The highest BCUT2D eigenvalue weighted by Crippen LogP contribution is 2.22. The monoisotopic (exact) mass is 381 g/mol. The summed E-state index contributed by atoms with van der Waals surface area (Å²) in [6.45, 7) is 4.13. The van der Waals surface area contributed by atoms with Gasteiger partial charge in [-0.1, -0.05) is 49.0 Å². The van der Waals surface area contributed by atoms with Crippen molar-refractivity contribution in [2.45, 2.75) is 36.7 Å². The van der Waals surface area contributed by atoms with E-state index in [9.17, 15) is 0 Å². The molecule has 1 aromatic carbocycles. The molecule has 1 atom stereocenters. The molecular weight excluding hydrogens is 354 g/mol. The summed E-state index contributed by atoms with van der Waals surface area (Å²) in [5, 5.41) is 9.70. The van der Waals surface area contributed by atoms with Gasteiger partial charge in [0.05, 0.1) is 6.54 Å². The zero-order valence-electron chi connectivity index (χ0n) is 16.2. The molecule has 0 unspecified atom stereocenters. The molecule has 0 saturated carbocycles. The van der Waals surface area contributed by atoms with Crippen molar-refractivity contribution in [3.05, 3.63) is 71.8 Å². The van der Waals surface area contributed by atoms with Crippen LogP contribution in [0.3, 0.4) is 0 Å². The molecule has 2 aromatic heterocycles. The lowest BCUT2D eigenvalue weighted by Gasteiger charge is -2.19. The highest BCUT2D eigenvalue weighted by Gasteiger charge is 2.13. The summed E-state index contributed by atoms with van der Waals surface area (Å²) in [4.78, 5) is 6.38. The minimum Gasteiger partial charge on any atom is -0.308 e. The Bertz CT molecular complexity index is 819. The summed E-state index contributed by atoms with van der Waals surface area (Å²) in [5.74, 6) is 2.43. The van der Waals surface area contributed by atoms with Crippen molar-refractivity contribution in [1.82, 2.24) is 24.6 Å². The number of hydrogen-bond acceptors (Lipinski definition) is 5. The third-order valence-corrected chi connectivity index (χ3v) is 5.86. The zero-order chi connectivity index (χ0) is 19.1. The molecule has 0 N–H and O–H groups in total. The summed E-state index contributed by atoms with van der Waals surface area (Å²) in [5.41, 5.74) is 2.64. The Balaban J connectivity index is 1.49. The van der Waals surface area contributed by atoms with Crippen molar-refractivity contribution in [3.63, 3.8) is 0 Å². The van der Waals surface area contributed by atoms with Gasteiger partial charge in [-0.15, -0.1) is 10.2 Å². The van der Waals surface area contributed by atoms with Gasteiger partial charge in [0.25, 0.3) is 0 Å². The molecule has 0 amide bonds. The second-order valence-electron chi connectivity index (χ2n) is 6.94. The first-order valence-corrected chi connectivity index (χ1v) is 10.3. The largest absolute Gasteiger partial charge is 0.308 e. The van der Waals surface area contributed by atoms with Gasteiger partial charge in [0, 0.05) is 25.2 Å². The van der Waals surface area contributed by atoms with E-state index in [4.69, 9.17) is 0 Å². The van der Waals surface area contributed by atoms with Gasteiger partial charge in [-0.05, 0) is 49.2 Å². The van der Waals surface area contributed by atoms with E-state index in [0.717, 1.165) is 36.2 Å². The molecule has 3 rings (SSSR count). The van der Waals surface area contributed by atoms with Crippen LogP contribution < -0.4 is 0 Å². The first kappa shape index (κ1) is 19.6. The van der Waals surface area contributed by atoms with Crippen LogP contribution in [-0.2, 0) is 19.3 Å². The van der Waals surface area contributed by atoms with Gasteiger partial charge in [0.1, 0.15) is 5.82 Å². The zero-order valence-corrected chi connectivity index (χ0v) is 17.1. The number of thioether (sulfide) groups is 1. The van der Waals surface area contributed by atoms with E-state index in [0.29, 0.717) is 5.92 Å². The lowest BCUT2D eigenvalue weighted by molar-refractivity contribution is 0.301. The number of aromatic nitrogens is 4. The van der Waals surface area contributed by atoms with Crippen molar-refractivity contribution in [1.29, 1.82) is 0 Å². The normalized spacial score (nSPS) is 12.4. The SMILES string of the molecule is C[C@@H](CCN(C)Cc1nnc(SCc2ccncc2)n1C)c1ccccc1. The average molecular weight is 382 g/mol. The quantitative estimate of drug-likeness (QED) is 0.522. The Morgan fingerprint density at radius 1 is 1.07 bits per heavy atom. The van der Waals surface area contributed by atoms with Crippen LogP contribution in [0.1, 0.15) is 36.2 Å². The number of rotatable bonds is 9. The minimum atomic E-state index is 0.555. The molecule has 0 saturated heterocycles. The van der Waals surface area contributed by atoms with Crippen molar-refractivity contribution in [3.8, 4) is 0 Å². The number of benzene rings is 1. The van der Waals surface area contributed by atoms with Gasteiger partial charge in [0.15, 0.2) is 5.16 Å². The molecular formula is C21H27N5S. The Hall–Kier alpha value is -2.18. The Morgan fingerprint density at radius 3 is 2.56 bits per heavy atom. The maximum atomic E-state index is 4.39. The van der Waals surface area contributed by atoms with Gasteiger partial charge in [-0.25, -0.2) is 0 Å². The standard InChI is InChI=1S/C21H27N5S/c1-17(19-7-5-4-6-8-19)11-14-25(2)15-20-23-24-21(26(20)3)27-16-18-9-12-22-13-10-18/h4-10,12-13,17H,11,14-16H2,1-3H3/t17-/m0/s1. The van der Waals surface area contributed by atoms with E-state index in [1.165, 1.54) is 11.1 Å². The number of nitrogens with zero attached hydrogens (tertiary/aromatic N) is 5. The van der Waals surface area contributed by atoms with Crippen LogP contribution >= 0.6 is 11.8 Å². The summed E-state index contributed by atoms with van der Waals surface area (Å²) >= 11 is 1.71. The lowest BCUT2D eigenvalue weighted by Crippen LogP contribution is -2.22. The highest BCUT2D eigenvalue weighted by molar-refractivity contribution is 7.98. The fourth-order valence-electron chi connectivity index (χ4n) is 2.92. The van der Waals surface area contributed by atoms with Crippen LogP contribution in [0.5, 0.6) is 0 Å². The first-order chi connectivity index (χ1) is 13.1. The average Bonchev–Trinajstić information content (AvgIpc) is 3.05. The van der Waals surface area contributed by atoms with Crippen molar-refractivity contribution < 1.29 is 0 Å². The van der Waals surface area contributed by atoms with Gasteiger partial charge in [-0.2, -0.15) is 0 Å². The van der Waals surface area contributed by atoms with E-state index in [-0.39, 0.29) is 0 Å². The van der Waals surface area contributed by atoms with Gasteiger partial charge in [-0.3, -0.25) is 9.88 Å². The molecule has 0 aliphatic rings. The molecule has 3 aromatic rings. The fourth-order valence-corrected chi connectivity index (χ4v) is 3.80. The molecule has 0 bridgehead atoms. The first-order valence-electron chi connectivity index (χ1n) is 9.27. The van der Waals surface area contributed by atoms with Crippen molar-refractivity contribution in [2.75, 3.05) is 13.6 Å². The summed E-state index contributed by atoms with van der Waals surface area (Å²) in [7, 11) is 4.20. The van der Waals surface area contributed by atoms with Crippen LogP contribution in [0.2, 0.25) is 0 Å². The molecule has 27 heavy (non-hydrogen) atoms. The third-order valence-electron chi connectivity index (χ3n) is 4.77. The van der Waals surface area contributed by atoms with E-state index < -0.39 is 0 Å². The molecule has 0 spiro atoms. The molecule has 0 aliphatic heterocycles. The van der Waals surface area contributed by atoms with Gasteiger partial charge < -0.3 is 4.57 Å². The smallest absolute Gasteiger partial charge is 0.191 e. The summed E-state index contributed by atoms with van der Waals surface area (Å²) in [6, 6.07) is 14.8. The maximum Gasteiger partial charge on any atom is 0.191 e. The van der Waals surface area contributed by atoms with E-state index in [1.54, 1.807) is 11.8 Å². The molecule has 0 fully saturated rings. The number of pyridine rings is 1. The predicted octanol–water partition coefficient (Wildman–Crippen LogP) is 4.13. The summed E-state index contributed by atoms with van der Waals surface area (Å²) in [6.07, 6.45) is 4.77. The maximum absolute atomic E-state index is 4.39.